The first-order valence-corrected chi connectivity index (χ1v) is 6.60. The van der Waals surface area contributed by atoms with E-state index in [0.717, 1.165) is 0 Å². The Labute approximate surface area is 121 Å². The van der Waals surface area contributed by atoms with Crippen LogP contribution < -0.4 is 15.4 Å². The summed E-state index contributed by atoms with van der Waals surface area (Å²) >= 11 is 0. The Kier molecular flexibility index (Phi) is 4.59. The molecule has 2 N–H and O–H groups in total. The van der Waals surface area contributed by atoms with E-state index in [0.29, 0.717) is 30.3 Å². The van der Waals surface area contributed by atoms with E-state index in [1.54, 1.807) is 0 Å². The SMILES string of the molecule is CCOCC(C)Nc1cc2c(cc1[N+](=O)[O-])OCC(=O)N2. The monoisotopic (exact) mass is 295 g/mol. The minimum Gasteiger partial charge on any atom is -0.481 e. The lowest BCUT2D eigenvalue weighted by Gasteiger charge is -2.20. The van der Waals surface area contributed by atoms with E-state index < -0.39 is 4.92 Å². The topological polar surface area (TPSA) is 103 Å². The summed E-state index contributed by atoms with van der Waals surface area (Å²) in [5, 5.41) is 16.8. The van der Waals surface area contributed by atoms with Crippen molar-refractivity contribution in [2.45, 2.75) is 19.9 Å². The number of rotatable bonds is 6. The average Bonchev–Trinajstić information content (AvgIpc) is 2.44. The first-order chi connectivity index (χ1) is 10.0. The Bertz CT molecular complexity index is 561. The van der Waals surface area contributed by atoms with Crippen molar-refractivity contribution in [3.8, 4) is 5.75 Å². The molecule has 1 aromatic carbocycles. The number of benzene rings is 1. The number of carbonyl (C=O) groups excluding carboxylic acids is 1. The van der Waals surface area contributed by atoms with Crippen LogP contribution in [0, 0.1) is 10.1 Å². The number of nitro groups is 1. The van der Waals surface area contributed by atoms with Crippen molar-refractivity contribution in [1.82, 2.24) is 0 Å². The summed E-state index contributed by atoms with van der Waals surface area (Å²) in [6.45, 7) is 4.59. The number of amides is 1. The van der Waals surface area contributed by atoms with E-state index in [1.165, 1.54) is 12.1 Å². The zero-order valence-corrected chi connectivity index (χ0v) is 11.8. The molecule has 8 heteroatoms. The predicted octanol–water partition coefficient (Wildman–Crippen LogP) is 1.76. The van der Waals surface area contributed by atoms with Gasteiger partial charge in [-0.1, -0.05) is 0 Å². The fraction of sp³-hybridized carbons (Fsp3) is 0.462. The summed E-state index contributed by atoms with van der Waals surface area (Å²) in [7, 11) is 0. The molecule has 1 aromatic rings. The van der Waals surface area contributed by atoms with Crippen LogP contribution in [0.5, 0.6) is 5.75 Å². The zero-order valence-electron chi connectivity index (χ0n) is 11.8. The average molecular weight is 295 g/mol. The van der Waals surface area contributed by atoms with Crippen molar-refractivity contribution < 1.29 is 19.2 Å². The standard InChI is InChI=1S/C13H17N3O5/c1-3-20-6-8(2)14-9-4-10-12(5-11(9)16(18)19)21-7-13(17)15-10/h4-5,8,14H,3,6-7H2,1-2H3,(H,15,17). The number of ether oxygens (including phenoxy) is 2. The Morgan fingerprint density at radius 3 is 3.00 bits per heavy atom. The van der Waals surface area contributed by atoms with Gasteiger partial charge in [0.2, 0.25) is 0 Å². The van der Waals surface area contributed by atoms with E-state index in [2.05, 4.69) is 10.6 Å². The summed E-state index contributed by atoms with van der Waals surface area (Å²) < 4.78 is 10.5. The molecule has 1 amide bonds. The van der Waals surface area contributed by atoms with Crippen LogP contribution in [0.15, 0.2) is 12.1 Å². The number of anilines is 2. The van der Waals surface area contributed by atoms with E-state index in [4.69, 9.17) is 9.47 Å². The molecule has 1 aliphatic rings. The van der Waals surface area contributed by atoms with Gasteiger partial charge in [0.05, 0.1) is 23.3 Å². The van der Waals surface area contributed by atoms with Gasteiger partial charge in [0.1, 0.15) is 5.69 Å². The molecule has 0 spiro atoms. The molecule has 114 valence electrons. The fourth-order valence-electron chi connectivity index (χ4n) is 1.98. The molecule has 0 bridgehead atoms. The van der Waals surface area contributed by atoms with Crippen LogP contribution in [-0.2, 0) is 9.53 Å². The van der Waals surface area contributed by atoms with Gasteiger partial charge in [-0.05, 0) is 19.9 Å². The van der Waals surface area contributed by atoms with Crippen molar-refractivity contribution in [2.24, 2.45) is 0 Å². The summed E-state index contributed by atoms with van der Waals surface area (Å²) in [5.74, 6) is 0.00831. The summed E-state index contributed by atoms with van der Waals surface area (Å²) in [4.78, 5) is 22.0. The maximum atomic E-state index is 11.3. The van der Waals surface area contributed by atoms with Gasteiger partial charge in [0.15, 0.2) is 12.4 Å². The van der Waals surface area contributed by atoms with Crippen molar-refractivity contribution in [3.05, 3.63) is 22.2 Å². The van der Waals surface area contributed by atoms with Gasteiger partial charge < -0.3 is 20.1 Å². The minimum atomic E-state index is -0.490. The molecule has 0 aliphatic carbocycles. The van der Waals surface area contributed by atoms with E-state index in [9.17, 15) is 14.9 Å². The molecule has 0 aromatic heterocycles. The van der Waals surface area contributed by atoms with Gasteiger partial charge in [-0.15, -0.1) is 0 Å². The number of nitrogens with one attached hydrogen (secondary N) is 2. The van der Waals surface area contributed by atoms with Gasteiger partial charge >= 0.3 is 0 Å². The molecule has 0 fully saturated rings. The highest BCUT2D eigenvalue weighted by molar-refractivity contribution is 5.96. The second-order valence-electron chi connectivity index (χ2n) is 4.66. The van der Waals surface area contributed by atoms with Crippen LogP contribution in [0.25, 0.3) is 0 Å². The van der Waals surface area contributed by atoms with Gasteiger partial charge in [-0.3, -0.25) is 14.9 Å². The van der Waals surface area contributed by atoms with E-state index >= 15 is 0 Å². The molecule has 0 saturated heterocycles. The lowest BCUT2D eigenvalue weighted by molar-refractivity contribution is -0.384. The second kappa shape index (κ2) is 6.40. The van der Waals surface area contributed by atoms with Crippen LogP contribution in [-0.4, -0.2) is 36.7 Å². The minimum absolute atomic E-state index is 0.103. The van der Waals surface area contributed by atoms with Crippen LogP contribution in [0.4, 0.5) is 17.1 Å². The van der Waals surface area contributed by atoms with Crippen LogP contribution in [0.3, 0.4) is 0 Å². The van der Waals surface area contributed by atoms with Crippen LogP contribution >= 0.6 is 0 Å². The fourth-order valence-corrected chi connectivity index (χ4v) is 1.98. The van der Waals surface area contributed by atoms with Gasteiger partial charge in [-0.2, -0.15) is 0 Å². The molecular weight excluding hydrogens is 278 g/mol. The van der Waals surface area contributed by atoms with Gasteiger partial charge in [-0.25, -0.2) is 0 Å². The molecule has 1 atom stereocenters. The molecule has 0 radical (unpaired) electrons. The molecule has 0 saturated carbocycles. The van der Waals surface area contributed by atoms with Crippen LogP contribution in [0.2, 0.25) is 0 Å². The van der Waals surface area contributed by atoms with E-state index in [1.807, 2.05) is 13.8 Å². The Hall–Kier alpha value is -2.35. The van der Waals surface area contributed by atoms with Crippen molar-refractivity contribution >= 4 is 23.0 Å². The quantitative estimate of drug-likeness (QED) is 0.612. The van der Waals surface area contributed by atoms with Crippen LogP contribution in [0.1, 0.15) is 13.8 Å². The highest BCUT2D eigenvalue weighted by Gasteiger charge is 2.24. The molecule has 1 heterocycles. The molecular formula is C13H17N3O5. The van der Waals surface area contributed by atoms with Crippen molar-refractivity contribution in [2.75, 3.05) is 30.5 Å². The van der Waals surface area contributed by atoms with E-state index in [-0.39, 0.29) is 24.2 Å². The van der Waals surface area contributed by atoms with Crippen molar-refractivity contribution in [3.63, 3.8) is 0 Å². The Morgan fingerprint density at radius 2 is 2.33 bits per heavy atom. The maximum absolute atomic E-state index is 11.3. The molecule has 2 rings (SSSR count). The van der Waals surface area contributed by atoms with Gasteiger partial charge in [0, 0.05) is 12.6 Å². The smallest absolute Gasteiger partial charge is 0.296 e. The molecule has 8 nitrogen and oxygen atoms in total. The number of nitro benzene ring substituents is 1. The number of hydrogen-bond donors (Lipinski definition) is 2. The summed E-state index contributed by atoms with van der Waals surface area (Å²) in [6, 6.07) is 2.71. The predicted molar refractivity (Wildman–Crippen MR) is 76.8 cm³/mol. The number of nitrogens with zero attached hydrogens (tertiary/aromatic N) is 1. The molecule has 1 aliphatic heterocycles. The Morgan fingerprint density at radius 1 is 1.57 bits per heavy atom. The molecule has 21 heavy (non-hydrogen) atoms. The largest absolute Gasteiger partial charge is 0.481 e. The third kappa shape index (κ3) is 3.60. The first kappa shape index (κ1) is 15.0. The second-order valence-corrected chi connectivity index (χ2v) is 4.66. The Balaban J connectivity index is 2.27. The highest BCUT2D eigenvalue weighted by atomic mass is 16.6. The number of hydrogen-bond acceptors (Lipinski definition) is 6. The van der Waals surface area contributed by atoms with Gasteiger partial charge in [0.25, 0.3) is 11.6 Å². The third-order valence-corrected chi connectivity index (χ3v) is 2.90. The lowest BCUT2D eigenvalue weighted by Crippen LogP contribution is -2.26. The molecule has 1 unspecified atom stereocenters. The first-order valence-electron chi connectivity index (χ1n) is 6.60. The van der Waals surface area contributed by atoms with Crippen molar-refractivity contribution in [1.29, 1.82) is 0 Å². The maximum Gasteiger partial charge on any atom is 0.296 e. The third-order valence-electron chi connectivity index (χ3n) is 2.90. The lowest BCUT2D eigenvalue weighted by atomic mass is 10.2. The highest BCUT2D eigenvalue weighted by Crippen LogP contribution is 2.38. The zero-order chi connectivity index (χ0) is 15.4. The summed E-state index contributed by atoms with van der Waals surface area (Å²) in [5.41, 5.74) is 0.632. The number of fused-ring (bicyclic) bond motifs is 1. The summed E-state index contributed by atoms with van der Waals surface area (Å²) in [6.07, 6.45) is 0. The normalized spacial score (nSPS) is 14.7. The number of carbonyl (C=O) groups is 1.